The van der Waals surface area contributed by atoms with Gasteiger partial charge in [-0.3, -0.25) is 0 Å². The lowest BCUT2D eigenvalue weighted by Gasteiger charge is -2.30. The summed E-state index contributed by atoms with van der Waals surface area (Å²) in [6.45, 7) is 0. The molecule has 0 aliphatic heterocycles. The second-order valence-electron chi connectivity index (χ2n) is 5.67. The van der Waals surface area contributed by atoms with E-state index in [1.54, 1.807) is 0 Å². The topological polar surface area (TPSA) is 72.5 Å². The third-order valence-corrected chi connectivity index (χ3v) is 4.19. The number of rotatable bonds is 2. The molecule has 3 N–H and O–H groups in total. The van der Waals surface area contributed by atoms with Crippen LogP contribution in [0.4, 0.5) is 0 Å². The lowest BCUT2D eigenvalue weighted by atomic mass is 9.80. The molecule has 0 radical (unpaired) electrons. The SMILES string of the molecule is Cn1cnc2cc(-c3cnc(C4CC(N)C4)[nH]3)ccc21. The van der Waals surface area contributed by atoms with Crippen LogP contribution in [0.2, 0.25) is 0 Å². The van der Waals surface area contributed by atoms with Gasteiger partial charge in [-0.05, 0) is 25.0 Å². The maximum absolute atomic E-state index is 5.84. The summed E-state index contributed by atoms with van der Waals surface area (Å²) in [6.07, 6.45) is 5.81. The van der Waals surface area contributed by atoms with Gasteiger partial charge in [0, 0.05) is 24.6 Å². The van der Waals surface area contributed by atoms with Gasteiger partial charge in [0.05, 0.1) is 29.3 Å². The summed E-state index contributed by atoms with van der Waals surface area (Å²) in [7, 11) is 2.00. The number of nitrogens with two attached hydrogens (primary N) is 1. The number of imidazole rings is 2. The van der Waals surface area contributed by atoms with Gasteiger partial charge in [0.25, 0.3) is 0 Å². The maximum Gasteiger partial charge on any atom is 0.109 e. The molecule has 1 aliphatic carbocycles. The number of hydrogen-bond donors (Lipinski definition) is 2. The number of hydrogen-bond acceptors (Lipinski definition) is 3. The molecule has 0 saturated heterocycles. The average molecular weight is 267 g/mol. The molecule has 20 heavy (non-hydrogen) atoms. The number of H-pyrrole nitrogens is 1. The molecule has 102 valence electrons. The van der Waals surface area contributed by atoms with Gasteiger partial charge >= 0.3 is 0 Å². The lowest BCUT2D eigenvalue weighted by Crippen LogP contribution is -2.35. The molecule has 4 rings (SSSR count). The fourth-order valence-electron chi connectivity index (χ4n) is 2.88. The van der Waals surface area contributed by atoms with E-state index in [9.17, 15) is 0 Å². The van der Waals surface area contributed by atoms with Gasteiger partial charge in [-0.15, -0.1) is 0 Å². The van der Waals surface area contributed by atoms with E-state index in [1.807, 2.05) is 24.1 Å². The number of aromatic amines is 1. The van der Waals surface area contributed by atoms with Gasteiger partial charge in [0.1, 0.15) is 5.82 Å². The Morgan fingerprint density at radius 1 is 1.30 bits per heavy atom. The second kappa shape index (κ2) is 4.18. The highest BCUT2D eigenvalue weighted by atomic mass is 15.0. The summed E-state index contributed by atoms with van der Waals surface area (Å²) in [5.41, 5.74) is 10.2. The van der Waals surface area contributed by atoms with Crippen molar-refractivity contribution in [2.75, 3.05) is 0 Å². The zero-order chi connectivity index (χ0) is 13.7. The highest BCUT2D eigenvalue weighted by Gasteiger charge is 2.29. The average Bonchev–Trinajstić information content (AvgIpc) is 3.02. The summed E-state index contributed by atoms with van der Waals surface area (Å²) in [5.74, 6) is 1.56. The number of benzene rings is 1. The van der Waals surface area contributed by atoms with Gasteiger partial charge in [-0.2, -0.15) is 0 Å². The first-order chi connectivity index (χ1) is 9.70. The van der Waals surface area contributed by atoms with Crippen molar-refractivity contribution in [2.45, 2.75) is 24.8 Å². The summed E-state index contributed by atoms with van der Waals surface area (Å²) in [6, 6.07) is 6.64. The van der Waals surface area contributed by atoms with E-state index in [1.165, 1.54) is 0 Å². The Hall–Kier alpha value is -2.14. The minimum absolute atomic E-state index is 0.346. The molecule has 1 fully saturated rings. The first-order valence-corrected chi connectivity index (χ1v) is 6.92. The van der Waals surface area contributed by atoms with Gasteiger partial charge in [-0.25, -0.2) is 9.97 Å². The quantitative estimate of drug-likeness (QED) is 0.747. The molecule has 0 amide bonds. The van der Waals surface area contributed by atoms with Crippen molar-refractivity contribution in [1.82, 2.24) is 19.5 Å². The van der Waals surface area contributed by atoms with Crippen LogP contribution in [0.15, 0.2) is 30.7 Å². The zero-order valence-electron chi connectivity index (χ0n) is 11.4. The first-order valence-electron chi connectivity index (χ1n) is 6.92. The van der Waals surface area contributed by atoms with Crippen LogP contribution in [0, 0.1) is 0 Å². The van der Waals surface area contributed by atoms with Crippen LogP contribution in [-0.2, 0) is 7.05 Å². The standard InChI is InChI=1S/C15H17N5/c1-20-8-18-12-6-9(2-3-14(12)20)13-7-17-15(19-13)10-4-11(16)5-10/h2-3,6-8,10-11H,4-5,16H2,1H3,(H,17,19). The molecule has 5 nitrogen and oxygen atoms in total. The largest absolute Gasteiger partial charge is 0.342 e. The van der Waals surface area contributed by atoms with Crippen LogP contribution in [0.5, 0.6) is 0 Å². The Morgan fingerprint density at radius 2 is 2.15 bits per heavy atom. The van der Waals surface area contributed by atoms with Crippen molar-refractivity contribution in [3.05, 3.63) is 36.5 Å². The second-order valence-corrected chi connectivity index (χ2v) is 5.67. The molecule has 1 aromatic carbocycles. The van der Waals surface area contributed by atoms with E-state index in [-0.39, 0.29) is 0 Å². The number of nitrogens with zero attached hydrogens (tertiary/aromatic N) is 3. The molecule has 2 aromatic heterocycles. The van der Waals surface area contributed by atoms with Crippen LogP contribution in [0.25, 0.3) is 22.3 Å². The fourth-order valence-corrected chi connectivity index (χ4v) is 2.88. The third-order valence-electron chi connectivity index (χ3n) is 4.19. The molecule has 0 bridgehead atoms. The molecule has 5 heteroatoms. The van der Waals surface area contributed by atoms with E-state index in [0.29, 0.717) is 12.0 Å². The number of fused-ring (bicyclic) bond motifs is 1. The highest BCUT2D eigenvalue weighted by Crippen LogP contribution is 2.34. The Kier molecular flexibility index (Phi) is 2.44. The molecule has 0 unspecified atom stereocenters. The maximum atomic E-state index is 5.84. The molecular formula is C15H17N5. The van der Waals surface area contributed by atoms with Gasteiger partial charge < -0.3 is 15.3 Å². The van der Waals surface area contributed by atoms with Crippen LogP contribution < -0.4 is 5.73 Å². The number of aryl methyl sites for hydroxylation is 1. The van der Waals surface area contributed by atoms with Crippen LogP contribution in [0.1, 0.15) is 24.6 Å². The van der Waals surface area contributed by atoms with Crippen molar-refractivity contribution in [1.29, 1.82) is 0 Å². The number of aromatic nitrogens is 4. The van der Waals surface area contributed by atoms with E-state index in [2.05, 4.69) is 33.2 Å². The smallest absolute Gasteiger partial charge is 0.109 e. The Balaban J connectivity index is 1.68. The van der Waals surface area contributed by atoms with E-state index in [0.717, 1.165) is 41.0 Å². The Morgan fingerprint density at radius 3 is 2.95 bits per heavy atom. The Bertz CT molecular complexity index is 764. The van der Waals surface area contributed by atoms with Crippen molar-refractivity contribution in [2.24, 2.45) is 12.8 Å². The summed E-state index contributed by atoms with van der Waals surface area (Å²) < 4.78 is 2.02. The summed E-state index contributed by atoms with van der Waals surface area (Å²) in [4.78, 5) is 12.3. The molecular weight excluding hydrogens is 250 g/mol. The van der Waals surface area contributed by atoms with E-state index in [4.69, 9.17) is 5.73 Å². The van der Waals surface area contributed by atoms with Gasteiger partial charge in [0.2, 0.25) is 0 Å². The van der Waals surface area contributed by atoms with Crippen molar-refractivity contribution < 1.29 is 0 Å². The van der Waals surface area contributed by atoms with E-state index >= 15 is 0 Å². The summed E-state index contributed by atoms with van der Waals surface area (Å²) in [5, 5.41) is 0. The number of nitrogens with one attached hydrogen (secondary N) is 1. The summed E-state index contributed by atoms with van der Waals surface area (Å²) >= 11 is 0. The normalized spacial score (nSPS) is 22.1. The minimum Gasteiger partial charge on any atom is -0.342 e. The van der Waals surface area contributed by atoms with E-state index < -0.39 is 0 Å². The molecule has 2 heterocycles. The Labute approximate surface area is 116 Å². The fraction of sp³-hybridized carbons (Fsp3) is 0.333. The molecule has 3 aromatic rings. The predicted molar refractivity (Wildman–Crippen MR) is 78.2 cm³/mol. The monoisotopic (exact) mass is 267 g/mol. The van der Waals surface area contributed by atoms with Crippen LogP contribution >= 0.6 is 0 Å². The zero-order valence-corrected chi connectivity index (χ0v) is 11.4. The van der Waals surface area contributed by atoms with Crippen molar-refractivity contribution >= 4 is 11.0 Å². The van der Waals surface area contributed by atoms with Crippen molar-refractivity contribution in [3.8, 4) is 11.3 Å². The molecule has 1 saturated carbocycles. The van der Waals surface area contributed by atoms with Gasteiger partial charge in [-0.1, -0.05) is 6.07 Å². The molecule has 0 spiro atoms. The minimum atomic E-state index is 0.346. The highest BCUT2D eigenvalue weighted by molar-refractivity contribution is 5.81. The predicted octanol–water partition coefficient (Wildman–Crippen LogP) is 2.17. The molecule has 0 atom stereocenters. The first kappa shape index (κ1) is 11.7. The van der Waals surface area contributed by atoms with Gasteiger partial charge in [0.15, 0.2) is 0 Å². The third kappa shape index (κ3) is 1.74. The van der Waals surface area contributed by atoms with Crippen molar-refractivity contribution in [3.63, 3.8) is 0 Å². The molecule has 1 aliphatic rings. The van der Waals surface area contributed by atoms with Crippen LogP contribution in [0.3, 0.4) is 0 Å². The lowest BCUT2D eigenvalue weighted by molar-refractivity contribution is 0.340. The van der Waals surface area contributed by atoms with Crippen LogP contribution in [-0.4, -0.2) is 25.6 Å².